The monoisotopic (exact) mass is 598 g/mol. The first-order valence-corrected chi connectivity index (χ1v) is 12.8. The number of rotatable bonds is 9. The van der Waals surface area contributed by atoms with Crippen molar-refractivity contribution in [3.05, 3.63) is 102 Å². The van der Waals surface area contributed by atoms with Crippen LogP contribution in [0.25, 0.3) is 0 Å². The van der Waals surface area contributed by atoms with E-state index in [1.165, 1.54) is 42.5 Å². The highest BCUT2D eigenvalue weighted by Gasteiger charge is 2.27. The maximum atomic E-state index is 13.3. The Morgan fingerprint density at radius 1 is 1.09 bits per heavy atom. The first-order valence-electron chi connectivity index (χ1n) is 9.82. The zero-order valence-electron chi connectivity index (χ0n) is 17.8. The fraction of sp³-hybridized carbons (Fsp3) is 0.0909. The molecule has 182 valence electrons. The number of amides is 1. The van der Waals surface area contributed by atoms with Gasteiger partial charge in [0.15, 0.2) is 0 Å². The third-order valence-corrected chi connectivity index (χ3v) is 7.56. The fourth-order valence-electron chi connectivity index (χ4n) is 2.89. The molecule has 0 aromatic heterocycles. The molecule has 3 aromatic rings. The second-order valence-corrected chi connectivity index (χ2v) is 10.8. The van der Waals surface area contributed by atoms with Crippen molar-refractivity contribution in [1.29, 1.82) is 0 Å². The van der Waals surface area contributed by atoms with E-state index in [0.29, 0.717) is 10.6 Å². The summed E-state index contributed by atoms with van der Waals surface area (Å²) < 4.78 is 28.4. The van der Waals surface area contributed by atoms with Crippen LogP contribution in [0.15, 0.2) is 81.2 Å². The number of hydrazone groups is 1. The summed E-state index contributed by atoms with van der Waals surface area (Å²) in [6.07, 6.45) is 1.14. The van der Waals surface area contributed by atoms with Gasteiger partial charge in [-0.05, 0) is 48.0 Å². The smallest absolute Gasteiger partial charge is 0.270 e. The maximum Gasteiger partial charge on any atom is 0.270 e. The van der Waals surface area contributed by atoms with E-state index in [1.54, 1.807) is 24.3 Å². The lowest BCUT2D eigenvalue weighted by atomic mass is 10.2. The zero-order valence-corrected chi connectivity index (χ0v) is 21.7. The molecule has 0 unspecified atom stereocenters. The molecule has 0 aliphatic carbocycles. The molecule has 0 saturated heterocycles. The Balaban J connectivity index is 1.80. The third kappa shape index (κ3) is 7.33. The average molecular weight is 600 g/mol. The minimum atomic E-state index is -4.07. The Kier molecular flexibility index (Phi) is 8.98. The van der Waals surface area contributed by atoms with Crippen molar-refractivity contribution in [3.8, 4) is 0 Å². The standard InChI is InChI=1S/C22H17BrCl2N4O5S/c23-17-3-1-15(2-4-17)13-28(35(33,34)20-8-5-18(24)6-9-20)14-22(30)27-26-12-16-11-19(29(31)32)7-10-21(16)25/h1-12H,13-14H2,(H,27,30)/b26-12-. The number of hydrogen-bond donors (Lipinski definition) is 1. The summed E-state index contributed by atoms with van der Waals surface area (Å²) in [4.78, 5) is 22.9. The molecule has 0 bridgehead atoms. The van der Waals surface area contributed by atoms with Gasteiger partial charge in [0.1, 0.15) is 0 Å². The predicted molar refractivity (Wildman–Crippen MR) is 137 cm³/mol. The number of non-ortho nitro benzene ring substituents is 1. The first kappa shape index (κ1) is 26.8. The van der Waals surface area contributed by atoms with Crippen LogP contribution < -0.4 is 5.43 Å². The van der Waals surface area contributed by atoms with Crippen LogP contribution in [0.2, 0.25) is 10.0 Å². The SMILES string of the molecule is O=C(CN(Cc1ccc(Br)cc1)S(=O)(=O)c1ccc(Cl)cc1)N/N=C\c1cc([N+](=O)[O-])ccc1Cl. The number of carbonyl (C=O) groups excluding carboxylic acids is 1. The van der Waals surface area contributed by atoms with Crippen LogP contribution in [0, 0.1) is 10.1 Å². The quantitative estimate of drug-likeness (QED) is 0.211. The molecule has 13 heteroatoms. The number of nitrogens with zero attached hydrogens (tertiary/aromatic N) is 3. The summed E-state index contributed by atoms with van der Waals surface area (Å²) in [7, 11) is -4.07. The molecule has 35 heavy (non-hydrogen) atoms. The zero-order chi connectivity index (χ0) is 25.6. The Morgan fingerprint density at radius 2 is 1.74 bits per heavy atom. The molecule has 0 radical (unpaired) electrons. The van der Waals surface area contributed by atoms with E-state index in [2.05, 4.69) is 26.5 Å². The van der Waals surface area contributed by atoms with Crippen molar-refractivity contribution in [3.63, 3.8) is 0 Å². The van der Waals surface area contributed by atoms with Gasteiger partial charge in [0.25, 0.3) is 11.6 Å². The van der Waals surface area contributed by atoms with Gasteiger partial charge >= 0.3 is 0 Å². The van der Waals surface area contributed by atoms with Crippen molar-refractivity contribution in [2.45, 2.75) is 11.4 Å². The Hall–Kier alpha value is -2.83. The number of carbonyl (C=O) groups is 1. The number of hydrogen-bond acceptors (Lipinski definition) is 6. The summed E-state index contributed by atoms with van der Waals surface area (Å²) in [6, 6.07) is 16.3. The van der Waals surface area contributed by atoms with Crippen molar-refractivity contribution < 1.29 is 18.1 Å². The summed E-state index contributed by atoms with van der Waals surface area (Å²) in [5, 5.41) is 15.3. The first-order chi connectivity index (χ1) is 16.6. The van der Waals surface area contributed by atoms with Crippen LogP contribution in [-0.4, -0.2) is 36.3 Å². The van der Waals surface area contributed by atoms with Gasteiger partial charge in [-0.1, -0.05) is 51.3 Å². The minimum absolute atomic E-state index is 0.0290. The van der Waals surface area contributed by atoms with Gasteiger partial charge in [-0.3, -0.25) is 14.9 Å². The van der Waals surface area contributed by atoms with Gasteiger partial charge in [0.2, 0.25) is 10.0 Å². The van der Waals surface area contributed by atoms with E-state index >= 15 is 0 Å². The fourth-order valence-corrected chi connectivity index (χ4v) is 4.83. The number of nitro benzene ring substituents is 1. The molecule has 0 heterocycles. The van der Waals surface area contributed by atoms with Crippen LogP contribution in [0.5, 0.6) is 0 Å². The van der Waals surface area contributed by atoms with Gasteiger partial charge < -0.3 is 0 Å². The molecule has 0 fully saturated rings. The summed E-state index contributed by atoms with van der Waals surface area (Å²) in [5.41, 5.74) is 2.90. The lowest BCUT2D eigenvalue weighted by Crippen LogP contribution is -2.39. The number of nitro groups is 1. The molecule has 0 saturated carbocycles. The van der Waals surface area contributed by atoms with Gasteiger partial charge in [0, 0.05) is 38.8 Å². The van der Waals surface area contributed by atoms with Crippen molar-refractivity contribution in [1.82, 2.24) is 9.73 Å². The molecule has 1 N–H and O–H groups in total. The topological polar surface area (TPSA) is 122 Å². The van der Waals surface area contributed by atoms with E-state index in [0.717, 1.165) is 15.0 Å². The van der Waals surface area contributed by atoms with Crippen LogP contribution >= 0.6 is 39.1 Å². The van der Waals surface area contributed by atoms with E-state index in [4.69, 9.17) is 23.2 Å². The van der Waals surface area contributed by atoms with E-state index < -0.39 is 27.4 Å². The highest BCUT2D eigenvalue weighted by Crippen LogP contribution is 2.22. The van der Waals surface area contributed by atoms with E-state index in [-0.39, 0.29) is 27.7 Å². The van der Waals surface area contributed by atoms with E-state index in [1.807, 2.05) is 0 Å². The van der Waals surface area contributed by atoms with Crippen LogP contribution in [-0.2, 0) is 21.4 Å². The molecule has 0 spiro atoms. The average Bonchev–Trinajstić information content (AvgIpc) is 2.81. The highest BCUT2D eigenvalue weighted by molar-refractivity contribution is 9.10. The number of nitrogens with one attached hydrogen (secondary N) is 1. The normalized spacial score (nSPS) is 11.7. The van der Waals surface area contributed by atoms with Gasteiger partial charge in [-0.2, -0.15) is 9.41 Å². The minimum Gasteiger partial charge on any atom is -0.272 e. The van der Waals surface area contributed by atoms with Crippen LogP contribution in [0.3, 0.4) is 0 Å². The summed E-state index contributed by atoms with van der Waals surface area (Å²) in [5.74, 6) is -0.725. The molecular formula is C22H17BrCl2N4O5S. The Morgan fingerprint density at radius 3 is 2.37 bits per heavy atom. The summed E-state index contributed by atoms with van der Waals surface area (Å²) in [6.45, 7) is -0.618. The molecule has 0 atom stereocenters. The molecule has 0 aliphatic rings. The van der Waals surface area contributed by atoms with Gasteiger partial charge in [-0.25, -0.2) is 13.8 Å². The molecule has 9 nitrogen and oxygen atoms in total. The molecule has 0 aliphatic heterocycles. The second kappa shape index (κ2) is 11.7. The molecule has 3 aromatic carbocycles. The van der Waals surface area contributed by atoms with E-state index in [9.17, 15) is 23.3 Å². The summed E-state index contributed by atoms with van der Waals surface area (Å²) >= 11 is 15.2. The lowest BCUT2D eigenvalue weighted by molar-refractivity contribution is -0.384. The third-order valence-electron chi connectivity index (χ3n) is 4.63. The number of benzene rings is 3. The Labute approximate surface area is 219 Å². The van der Waals surface area contributed by atoms with Crippen molar-refractivity contribution >= 4 is 67.0 Å². The largest absolute Gasteiger partial charge is 0.272 e. The second-order valence-electron chi connectivity index (χ2n) is 7.11. The molecular weight excluding hydrogens is 583 g/mol. The van der Waals surface area contributed by atoms with Crippen LogP contribution in [0.4, 0.5) is 5.69 Å². The van der Waals surface area contributed by atoms with Crippen LogP contribution in [0.1, 0.15) is 11.1 Å². The van der Waals surface area contributed by atoms with Gasteiger partial charge in [-0.15, -0.1) is 0 Å². The van der Waals surface area contributed by atoms with Gasteiger partial charge in [0.05, 0.1) is 22.6 Å². The maximum absolute atomic E-state index is 13.3. The number of sulfonamides is 1. The Bertz CT molecular complexity index is 1370. The van der Waals surface area contributed by atoms with Crippen molar-refractivity contribution in [2.75, 3.05) is 6.54 Å². The predicted octanol–water partition coefficient (Wildman–Crippen LogP) is 5.01. The van der Waals surface area contributed by atoms with Crippen molar-refractivity contribution in [2.24, 2.45) is 5.10 Å². The molecule has 3 rings (SSSR count). The highest BCUT2D eigenvalue weighted by atomic mass is 79.9. The number of halogens is 3. The lowest BCUT2D eigenvalue weighted by Gasteiger charge is -2.21. The molecule has 1 amide bonds.